The highest BCUT2D eigenvalue weighted by molar-refractivity contribution is 7.89. The molecule has 2 N–H and O–H groups in total. The van der Waals surface area contributed by atoms with Crippen LogP contribution in [0, 0.1) is 6.92 Å². The molecule has 1 amide bonds. The third kappa shape index (κ3) is 6.70. The highest BCUT2D eigenvalue weighted by Crippen LogP contribution is 2.22. The van der Waals surface area contributed by atoms with Crippen LogP contribution in [0.15, 0.2) is 82.6 Å². The van der Waals surface area contributed by atoms with E-state index in [4.69, 9.17) is 4.74 Å². The maximum Gasteiger partial charge on any atom is 0.243 e. The number of rotatable bonds is 11. The summed E-state index contributed by atoms with van der Waals surface area (Å²) in [5.41, 5.74) is 1.84. The normalized spacial score (nSPS) is 11.9. The predicted molar refractivity (Wildman–Crippen MR) is 138 cm³/mol. The highest BCUT2D eigenvalue weighted by atomic mass is 32.2. The molecule has 3 aromatic carbocycles. The molecule has 0 aliphatic heterocycles. The van der Waals surface area contributed by atoms with Gasteiger partial charge in [0, 0.05) is 12.2 Å². The molecular formula is C25H29N3O6S2. The van der Waals surface area contributed by atoms with Crippen molar-refractivity contribution >= 4 is 31.6 Å². The van der Waals surface area contributed by atoms with E-state index in [2.05, 4.69) is 10.0 Å². The minimum absolute atomic E-state index is 0.0160. The average molecular weight is 532 g/mol. The number of nitrogens with one attached hydrogen (secondary N) is 2. The monoisotopic (exact) mass is 531 g/mol. The molecule has 0 aliphatic rings. The van der Waals surface area contributed by atoms with Crippen molar-refractivity contribution in [2.75, 3.05) is 32.6 Å². The molecule has 0 atom stereocenters. The van der Waals surface area contributed by atoms with Crippen LogP contribution in [0.3, 0.4) is 0 Å². The number of nitrogens with zero attached hydrogens (tertiary/aromatic N) is 1. The van der Waals surface area contributed by atoms with Crippen molar-refractivity contribution in [1.82, 2.24) is 9.03 Å². The van der Waals surface area contributed by atoms with Crippen LogP contribution < -0.4 is 14.8 Å². The fourth-order valence-electron chi connectivity index (χ4n) is 3.45. The Kier molecular flexibility index (Phi) is 8.85. The number of ether oxygens (including phenoxy) is 1. The van der Waals surface area contributed by atoms with Gasteiger partial charge in [-0.15, -0.1) is 0 Å². The molecule has 3 aromatic rings. The topological polar surface area (TPSA) is 122 Å². The molecule has 0 bridgehead atoms. The van der Waals surface area contributed by atoms with Crippen molar-refractivity contribution in [2.24, 2.45) is 0 Å². The van der Waals surface area contributed by atoms with Gasteiger partial charge in [0.15, 0.2) is 0 Å². The number of hydrogen-bond acceptors (Lipinski definition) is 6. The van der Waals surface area contributed by atoms with Crippen LogP contribution in [0.4, 0.5) is 5.69 Å². The summed E-state index contributed by atoms with van der Waals surface area (Å²) in [5.74, 6) is -0.0864. The largest absolute Gasteiger partial charge is 0.497 e. The van der Waals surface area contributed by atoms with Crippen LogP contribution in [-0.4, -0.2) is 54.3 Å². The van der Waals surface area contributed by atoms with Gasteiger partial charge in [0.1, 0.15) is 5.75 Å². The molecule has 0 fully saturated rings. The number of methoxy groups -OCH3 is 1. The molecule has 0 saturated carbocycles. The van der Waals surface area contributed by atoms with Gasteiger partial charge in [-0.2, -0.15) is 4.31 Å². The minimum atomic E-state index is -4.02. The van der Waals surface area contributed by atoms with Crippen LogP contribution >= 0.6 is 0 Å². The number of sulfonamides is 2. The summed E-state index contributed by atoms with van der Waals surface area (Å²) in [4.78, 5) is 13.0. The predicted octanol–water partition coefficient (Wildman–Crippen LogP) is 2.78. The van der Waals surface area contributed by atoms with Crippen LogP contribution in [0.5, 0.6) is 5.75 Å². The Morgan fingerprint density at radius 2 is 1.56 bits per heavy atom. The lowest BCUT2D eigenvalue weighted by atomic mass is 10.1. The maximum atomic E-state index is 13.5. The van der Waals surface area contributed by atoms with Gasteiger partial charge >= 0.3 is 0 Å². The van der Waals surface area contributed by atoms with Crippen molar-refractivity contribution in [3.8, 4) is 5.75 Å². The van der Waals surface area contributed by atoms with Gasteiger partial charge in [-0.05, 0) is 67.9 Å². The molecule has 11 heteroatoms. The van der Waals surface area contributed by atoms with E-state index >= 15 is 0 Å². The lowest BCUT2D eigenvalue weighted by molar-refractivity contribution is -0.116. The molecule has 0 unspecified atom stereocenters. The van der Waals surface area contributed by atoms with E-state index in [0.717, 1.165) is 9.87 Å². The number of hydrogen-bond donors (Lipinski definition) is 2. The number of aryl methyl sites for hydroxylation is 1. The van der Waals surface area contributed by atoms with Crippen LogP contribution in [0.2, 0.25) is 0 Å². The maximum absolute atomic E-state index is 13.5. The van der Waals surface area contributed by atoms with Crippen molar-refractivity contribution in [3.05, 3.63) is 83.9 Å². The Balaban J connectivity index is 1.86. The van der Waals surface area contributed by atoms with E-state index in [1.807, 2.05) is 30.3 Å². The summed E-state index contributed by atoms with van der Waals surface area (Å²) in [6, 6.07) is 19.6. The van der Waals surface area contributed by atoms with E-state index in [0.29, 0.717) is 17.7 Å². The molecule has 36 heavy (non-hydrogen) atoms. The number of benzene rings is 3. The summed E-state index contributed by atoms with van der Waals surface area (Å²) in [6.07, 6.45) is 0.401. The van der Waals surface area contributed by atoms with Crippen molar-refractivity contribution in [2.45, 2.75) is 23.1 Å². The Morgan fingerprint density at radius 3 is 2.17 bits per heavy atom. The molecular weight excluding hydrogens is 502 g/mol. The fourth-order valence-corrected chi connectivity index (χ4v) is 5.60. The molecule has 0 saturated heterocycles. The third-order valence-electron chi connectivity index (χ3n) is 5.57. The SMILES string of the molecule is CNS(=O)(=O)c1ccc(C)c(NC(=O)CN(CCc2ccccc2)S(=O)(=O)c2ccc(OC)cc2)c1. The summed E-state index contributed by atoms with van der Waals surface area (Å²) < 4.78 is 59.7. The van der Waals surface area contributed by atoms with Gasteiger partial charge in [0.25, 0.3) is 0 Å². The molecule has 3 rings (SSSR count). The average Bonchev–Trinajstić information content (AvgIpc) is 2.88. The Morgan fingerprint density at radius 1 is 0.917 bits per heavy atom. The lowest BCUT2D eigenvalue weighted by Gasteiger charge is -2.22. The number of carbonyl (C=O) groups excluding carboxylic acids is 1. The Bertz CT molecular complexity index is 1410. The van der Waals surface area contributed by atoms with Gasteiger partial charge in [-0.3, -0.25) is 4.79 Å². The van der Waals surface area contributed by atoms with E-state index in [-0.39, 0.29) is 22.0 Å². The zero-order valence-corrected chi connectivity index (χ0v) is 21.9. The summed E-state index contributed by atoms with van der Waals surface area (Å²) in [6.45, 7) is 1.33. The van der Waals surface area contributed by atoms with Gasteiger partial charge in [0.2, 0.25) is 26.0 Å². The summed E-state index contributed by atoms with van der Waals surface area (Å²) in [5, 5.41) is 2.66. The molecule has 0 aromatic heterocycles. The first-order chi connectivity index (χ1) is 17.1. The third-order valence-corrected chi connectivity index (χ3v) is 8.84. The number of carbonyl (C=O) groups is 1. The van der Waals surface area contributed by atoms with Crippen molar-refractivity contribution in [3.63, 3.8) is 0 Å². The second-order valence-corrected chi connectivity index (χ2v) is 11.8. The second-order valence-electron chi connectivity index (χ2n) is 7.98. The standard InChI is InChI=1S/C25H29N3O6S2/c1-19-9-12-23(35(30,31)26-2)17-24(19)27-25(29)18-28(16-15-20-7-5-4-6-8-20)36(32,33)22-13-10-21(34-3)11-14-22/h4-14,17,26H,15-16,18H2,1-3H3,(H,27,29). The van der Waals surface area contributed by atoms with Gasteiger partial charge in [0.05, 0.1) is 23.4 Å². The molecule has 0 aliphatic carbocycles. The summed E-state index contributed by atoms with van der Waals surface area (Å²) >= 11 is 0. The Labute approximate surface area is 212 Å². The zero-order chi connectivity index (χ0) is 26.3. The number of amides is 1. The van der Waals surface area contributed by atoms with E-state index in [1.54, 1.807) is 25.1 Å². The lowest BCUT2D eigenvalue weighted by Crippen LogP contribution is -2.39. The molecule has 0 radical (unpaired) electrons. The van der Waals surface area contributed by atoms with E-state index < -0.39 is 32.5 Å². The molecule has 0 spiro atoms. The molecule has 0 heterocycles. The fraction of sp³-hybridized carbons (Fsp3) is 0.240. The Hall–Kier alpha value is -3.25. The smallest absolute Gasteiger partial charge is 0.243 e. The van der Waals surface area contributed by atoms with Gasteiger partial charge < -0.3 is 10.1 Å². The zero-order valence-electron chi connectivity index (χ0n) is 20.3. The van der Waals surface area contributed by atoms with Gasteiger partial charge in [-0.1, -0.05) is 36.4 Å². The molecule has 9 nitrogen and oxygen atoms in total. The molecule has 192 valence electrons. The minimum Gasteiger partial charge on any atom is -0.497 e. The van der Waals surface area contributed by atoms with E-state index in [9.17, 15) is 21.6 Å². The van der Waals surface area contributed by atoms with Crippen LogP contribution in [-0.2, 0) is 31.3 Å². The first-order valence-electron chi connectivity index (χ1n) is 11.1. The second kappa shape index (κ2) is 11.7. The van der Waals surface area contributed by atoms with Crippen LogP contribution in [0.25, 0.3) is 0 Å². The highest BCUT2D eigenvalue weighted by Gasteiger charge is 2.27. The van der Waals surface area contributed by atoms with Gasteiger partial charge in [-0.25, -0.2) is 21.6 Å². The quantitative estimate of drug-likeness (QED) is 0.392. The first-order valence-corrected chi connectivity index (χ1v) is 14.0. The summed E-state index contributed by atoms with van der Waals surface area (Å²) in [7, 11) is -4.96. The number of anilines is 1. The van der Waals surface area contributed by atoms with Crippen LogP contribution in [0.1, 0.15) is 11.1 Å². The van der Waals surface area contributed by atoms with E-state index in [1.165, 1.54) is 38.4 Å². The van der Waals surface area contributed by atoms with Crippen molar-refractivity contribution in [1.29, 1.82) is 0 Å². The first kappa shape index (κ1) is 27.3. The van der Waals surface area contributed by atoms with Crippen molar-refractivity contribution < 1.29 is 26.4 Å².